The highest BCUT2D eigenvalue weighted by Crippen LogP contribution is 2.19. The van der Waals surface area contributed by atoms with Crippen molar-refractivity contribution in [1.82, 2.24) is 15.0 Å². The third kappa shape index (κ3) is 4.01. The normalized spacial score (nSPS) is 16.1. The molecule has 0 atom stereocenters. The summed E-state index contributed by atoms with van der Waals surface area (Å²) in [6, 6.07) is 2.31. The van der Waals surface area contributed by atoms with E-state index < -0.39 is 10.0 Å². The molecule has 0 aromatic carbocycles. The maximum atomic E-state index is 11.9. The van der Waals surface area contributed by atoms with E-state index in [-0.39, 0.29) is 0 Å². The Morgan fingerprint density at radius 2 is 2.28 bits per heavy atom. The summed E-state index contributed by atoms with van der Waals surface area (Å²) in [5, 5.41) is 3.34. The van der Waals surface area contributed by atoms with E-state index in [1.165, 1.54) is 12.8 Å². The molecule has 1 aromatic heterocycles. The molecule has 1 aromatic rings. The smallest absolute Gasteiger partial charge is 0.242 e. The van der Waals surface area contributed by atoms with Crippen molar-refractivity contribution < 1.29 is 8.42 Å². The van der Waals surface area contributed by atoms with Crippen LogP contribution in [0.3, 0.4) is 0 Å². The van der Waals surface area contributed by atoms with Crippen LogP contribution in [0.1, 0.15) is 18.5 Å². The van der Waals surface area contributed by atoms with Crippen molar-refractivity contribution in [2.75, 3.05) is 18.6 Å². The molecule has 0 aliphatic heterocycles. The van der Waals surface area contributed by atoms with Crippen molar-refractivity contribution in [2.45, 2.75) is 30.3 Å². The fourth-order valence-electron chi connectivity index (χ4n) is 1.58. The van der Waals surface area contributed by atoms with Crippen LogP contribution in [0.2, 0.25) is 0 Å². The molecule has 0 bridgehead atoms. The molecule has 1 saturated carbocycles. The second kappa shape index (κ2) is 6.10. The zero-order valence-corrected chi connectivity index (χ0v) is 12.0. The number of aromatic nitrogens is 1. The molecule has 0 unspecified atom stereocenters. The van der Waals surface area contributed by atoms with E-state index in [4.69, 9.17) is 0 Å². The van der Waals surface area contributed by atoms with Gasteiger partial charge in [0.25, 0.3) is 0 Å². The van der Waals surface area contributed by atoms with Crippen molar-refractivity contribution in [3.8, 4) is 0 Å². The zero-order valence-electron chi connectivity index (χ0n) is 10.4. The van der Waals surface area contributed by atoms with E-state index in [1.54, 1.807) is 24.0 Å². The summed E-state index contributed by atoms with van der Waals surface area (Å²) in [7, 11) is -3.36. The molecule has 102 valence electrons. The van der Waals surface area contributed by atoms with Crippen molar-refractivity contribution in [1.29, 1.82) is 0 Å². The maximum absolute atomic E-state index is 11.9. The van der Waals surface area contributed by atoms with Crippen LogP contribution in [0.5, 0.6) is 0 Å². The van der Waals surface area contributed by atoms with Crippen LogP contribution in [-0.2, 0) is 16.6 Å². The van der Waals surface area contributed by atoms with Crippen LogP contribution in [0, 0.1) is 0 Å². The minimum atomic E-state index is -3.36. The van der Waals surface area contributed by atoms with Gasteiger partial charge >= 0.3 is 0 Å². The molecule has 0 saturated heterocycles. The second-order valence-corrected chi connectivity index (χ2v) is 7.16. The molecule has 1 fully saturated rings. The first-order valence-corrected chi connectivity index (χ1v) is 8.89. The number of rotatable bonds is 8. The summed E-state index contributed by atoms with van der Waals surface area (Å²) < 4.78 is 26.4. The van der Waals surface area contributed by atoms with Gasteiger partial charge in [0.1, 0.15) is 0 Å². The predicted molar refractivity (Wildman–Crippen MR) is 74.2 cm³/mol. The molecule has 0 spiro atoms. The predicted octanol–water partition coefficient (Wildman–Crippen LogP) is 0.908. The molecule has 0 amide bonds. The van der Waals surface area contributed by atoms with Gasteiger partial charge in [-0.15, -0.1) is 0 Å². The average Bonchev–Trinajstić information content (AvgIpc) is 3.03. The number of sulfonamides is 1. The molecule has 2 rings (SSSR count). The fraction of sp³-hybridized carbons (Fsp3) is 0.636. The number of hydrogen-bond acceptors (Lipinski definition) is 4. The van der Waals surface area contributed by atoms with Gasteiger partial charge in [0.15, 0.2) is 0 Å². The lowest BCUT2D eigenvalue weighted by atomic mass is 10.4. The van der Waals surface area contributed by atoms with Gasteiger partial charge in [0.05, 0.1) is 4.90 Å². The first-order chi connectivity index (χ1) is 8.62. The second-order valence-electron chi connectivity index (χ2n) is 4.41. The maximum Gasteiger partial charge on any atom is 0.242 e. The van der Waals surface area contributed by atoms with Gasteiger partial charge < -0.3 is 10.3 Å². The van der Waals surface area contributed by atoms with E-state index in [1.807, 2.05) is 6.26 Å². The Labute approximate surface area is 112 Å². The van der Waals surface area contributed by atoms with E-state index >= 15 is 0 Å². The van der Waals surface area contributed by atoms with E-state index in [0.717, 1.165) is 11.4 Å². The Bertz CT molecular complexity index is 480. The number of H-pyrrole nitrogens is 1. The molecule has 7 heteroatoms. The molecule has 3 N–H and O–H groups in total. The Morgan fingerprint density at radius 3 is 2.94 bits per heavy atom. The Balaban J connectivity index is 1.90. The van der Waals surface area contributed by atoms with E-state index in [2.05, 4.69) is 15.0 Å². The number of aromatic amines is 1. The Hall–Kier alpha value is -0.500. The summed E-state index contributed by atoms with van der Waals surface area (Å²) in [6.45, 7) is 1.16. The summed E-state index contributed by atoms with van der Waals surface area (Å²) in [5.41, 5.74) is 0.909. The van der Waals surface area contributed by atoms with Crippen LogP contribution in [0.4, 0.5) is 0 Å². The van der Waals surface area contributed by atoms with Crippen LogP contribution >= 0.6 is 11.8 Å². The molecule has 18 heavy (non-hydrogen) atoms. The van der Waals surface area contributed by atoms with Crippen molar-refractivity contribution in [3.05, 3.63) is 18.0 Å². The standard InChI is InChI=1S/C11H19N3O2S2/c1-17-5-4-14-18(15,16)11-6-10(13-8-11)7-12-9-2-3-9/h6,8-9,12-14H,2-5,7H2,1H3. The largest absolute Gasteiger partial charge is 0.363 e. The molecule has 0 radical (unpaired) electrons. The van der Waals surface area contributed by atoms with Crippen LogP contribution in [0.25, 0.3) is 0 Å². The lowest BCUT2D eigenvalue weighted by Gasteiger charge is -2.03. The highest BCUT2D eigenvalue weighted by Gasteiger charge is 2.21. The van der Waals surface area contributed by atoms with Crippen LogP contribution in [0.15, 0.2) is 17.2 Å². The summed E-state index contributed by atoms with van der Waals surface area (Å²) >= 11 is 1.62. The lowest BCUT2D eigenvalue weighted by Crippen LogP contribution is -2.25. The first-order valence-electron chi connectivity index (χ1n) is 6.01. The van der Waals surface area contributed by atoms with Crippen molar-refractivity contribution in [3.63, 3.8) is 0 Å². The topological polar surface area (TPSA) is 74.0 Å². The Morgan fingerprint density at radius 1 is 1.50 bits per heavy atom. The minimum absolute atomic E-state index is 0.316. The van der Waals surface area contributed by atoms with E-state index in [9.17, 15) is 8.42 Å². The third-order valence-corrected chi connectivity index (χ3v) is 4.84. The summed E-state index contributed by atoms with van der Waals surface area (Å²) in [4.78, 5) is 3.31. The monoisotopic (exact) mass is 289 g/mol. The highest BCUT2D eigenvalue weighted by atomic mass is 32.2. The van der Waals surface area contributed by atoms with Gasteiger partial charge in [-0.2, -0.15) is 11.8 Å². The van der Waals surface area contributed by atoms with Crippen LogP contribution < -0.4 is 10.0 Å². The van der Waals surface area contributed by atoms with E-state index in [0.29, 0.717) is 24.0 Å². The van der Waals surface area contributed by atoms with Crippen molar-refractivity contribution >= 4 is 21.8 Å². The molecular formula is C11H19N3O2S2. The fourth-order valence-corrected chi connectivity index (χ4v) is 3.06. The van der Waals surface area contributed by atoms with Gasteiger partial charge in [0, 0.05) is 36.8 Å². The SMILES string of the molecule is CSCCNS(=O)(=O)c1c[nH]c(CNC2CC2)c1. The van der Waals surface area contributed by atoms with Gasteiger partial charge in [-0.3, -0.25) is 0 Å². The molecular weight excluding hydrogens is 270 g/mol. The average molecular weight is 289 g/mol. The zero-order chi connectivity index (χ0) is 13.0. The number of hydrogen-bond donors (Lipinski definition) is 3. The lowest BCUT2D eigenvalue weighted by molar-refractivity contribution is 0.584. The molecule has 1 aliphatic rings. The summed E-state index contributed by atoms with van der Waals surface area (Å²) in [6.07, 6.45) is 5.95. The highest BCUT2D eigenvalue weighted by molar-refractivity contribution is 7.98. The molecule has 1 aliphatic carbocycles. The minimum Gasteiger partial charge on any atom is -0.363 e. The number of nitrogens with one attached hydrogen (secondary N) is 3. The van der Waals surface area contributed by atoms with Gasteiger partial charge in [0.2, 0.25) is 10.0 Å². The quantitative estimate of drug-likeness (QED) is 0.622. The summed E-state index contributed by atoms with van der Waals surface area (Å²) in [5.74, 6) is 0.778. The third-order valence-electron chi connectivity index (χ3n) is 2.78. The van der Waals surface area contributed by atoms with Gasteiger partial charge in [-0.25, -0.2) is 13.1 Å². The Kier molecular flexibility index (Phi) is 4.71. The van der Waals surface area contributed by atoms with Crippen LogP contribution in [-0.4, -0.2) is 38.0 Å². The first kappa shape index (κ1) is 13.9. The molecule has 1 heterocycles. The molecule has 5 nitrogen and oxygen atoms in total. The number of thioether (sulfide) groups is 1. The van der Waals surface area contributed by atoms with Gasteiger partial charge in [-0.05, 0) is 25.2 Å². The van der Waals surface area contributed by atoms with Crippen molar-refractivity contribution in [2.24, 2.45) is 0 Å². The van der Waals surface area contributed by atoms with Gasteiger partial charge in [-0.1, -0.05) is 0 Å².